The lowest BCUT2D eigenvalue weighted by Crippen LogP contribution is -2.25. The van der Waals surface area contributed by atoms with Crippen LogP contribution >= 0.6 is 0 Å². The summed E-state index contributed by atoms with van der Waals surface area (Å²) < 4.78 is 39.7. The Balaban J connectivity index is 1.46. The average Bonchev–Trinajstić information content (AvgIpc) is 3.12. The topological polar surface area (TPSA) is 102 Å². The smallest absolute Gasteiger partial charge is 0.381 e. The maximum Gasteiger partial charge on any atom is 0.416 e. The van der Waals surface area contributed by atoms with Crippen LogP contribution in [0.4, 0.5) is 30.2 Å². The van der Waals surface area contributed by atoms with Crippen molar-refractivity contribution in [2.45, 2.75) is 44.3 Å². The van der Waals surface area contributed by atoms with Gasteiger partial charge in [0.15, 0.2) is 0 Å². The quantitative estimate of drug-likeness (QED) is 0.379. The van der Waals surface area contributed by atoms with Crippen LogP contribution in [0.1, 0.15) is 37.7 Å². The maximum atomic E-state index is 13.2. The molecule has 0 unspecified atom stereocenters. The highest BCUT2D eigenvalue weighted by Gasteiger charge is 2.31. The highest BCUT2D eigenvalue weighted by molar-refractivity contribution is 5.95. The van der Waals surface area contributed by atoms with Gasteiger partial charge in [-0.15, -0.1) is 0 Å². The third-order valence-electron chi connectivity index (χ3n) is 5.55. The van der Waals surface area contributed by atoms with Crippen LogP contribution in [0.25, 0.3) is 11.0 Å². The first kappa shape index (κ1) is 21.8. The Morgan fingerprint density at radius 2 is 1.72 bits per heavy atom. The number of carbonyl (C=O) groups is 1. The molecule has 1 saturated carbocycles. The summed E-state index contributed by atoms with van der Waals surface area (Å²) in [6.07, 6.45) is 0.777. The summed E-state index contributed by atoms with van der Waals surface area (Å²) in [4.78, 5) is 29.0. The SMILES string of the molecule is O=C(CNc1cc(C(F)(F)F)ccc1NC1CCCCC1)Nc1ccc2[nH]c(=O)[nH]c2c1. The van der Waals surface area contributed by atoms with E-state index in [0.717, 1.165) is 37.8 Å². The van der Waals surface area contributed by atoms with E-state index >= 15 is 0 Å². The molecule has 4 rings (SSSR count). The third kappa shape index (κ3) is 5.24. The number of aromatic nitrogens is 2. The van der Waals surface area contributed by atoms with Crippen molar-refractivity contribution in [2.24, 2.45) is 0 Å². The second-order valence-corrected chi connectivity index (χ2v) is 7.98. The van der Waals surface area contributed by atoms with Gasteiger partial charge in [-0.05, 0) is 49.2 Å². The summed E-state index contributed by atoms with van der Waals surface area (Å²) in [7, 11) is 0. The minimum absolute atomic E-state index is 0.199. The van der Waals surface area contributed by atoms with Crippen molar-refractivity contribution in [2.75, 3.05) is 22.5 Å². The molecule has 0 saturated heterocycles. The Morgan fingerprint density at radius 3 is 2.47 bits per heavy atom. The number of carbonyl (C=O) groups excluding carboxylic acids is 1. The van der Waals surface area contributed by atoms with Gasteiger partial charge in [0, 0.05) is 11.7 Å². The van der Waals surface area contributed by atoms with Crippen LogP contribution in [-0.2, 0) is 11.0 Å². The molecule has 1 aromatic heterocycles. The first-order valence-electron chi connectivity index (χ1n) is 10.5. The number of aromatic amines is 2. The van der Waals surface area contributed by atoms with E-state index in [1.807, 2.05) is 0 Å². The van der Waals surface area contributed by atoms with Crippen LogP contribution in [0.2, 0.25) is 0 Å². The number of anilines is 3. The number of hydrogen-bond acceptors (Lipinski definition) is 4. The number of amides is 1. The van der Waals surface area contributed by atoms with E-state index in [2.05, 4.69) is 25.9 Å². The molecule has 2 aromatic carbocycles. The molecule has 1 fully saturated rings. The predicted octanol–water partition coefficient (Wildman–Crippen LogP) is 4.67. The number of benzene rings is 2. The third-order valence-corrected chi connectivity index (χ3v) is 5.55. The molecule has 1 aliphatic rings. The number of rotatable bonds is 6. The van der Waals surface area contributed by atoms with Gasteiger partial charge in [-0.2, -0.15) is 13.2 Å². The summed E-state index contributed by atoms with van der Waals surface area (Å²) >= 11 is 0. The average molecular weight is 447 g/mol. The molecule has 7 nitrogen and oxygen atoms in total. The van der Waals surface area contributed by atoms with E-state index in [1.165, 1.54) is 12.5 Å². The Bertz CT molecular complexity index is 1160. The fraction of sp³-hybridized carbons (Fsp3) is 0.364. The molecule has 0 aliphatic heterocycles. The molecule has 1 aliphatic carbocycles. The molecule has 32 heavy (non-hydrogen) atoms. The first-order valence-corrected chi connectivity index (χ1v) is 10.5. The number of H-pyrrole nitrogens is 2. The number of halogens is 3. The van der Waals surface area contributed by atoms with Gasteiger partial charge in [-0.3, -0.25) is 4.79 Å². The molecule has 0 radical (unpaired) electrons. The van der Waals surface area contributed by atoms with Crippen molar-refractivity contribution < 1.29 is 18.0 Å². The maximum absolute atomic E-state index is 13.2. The van der Waals surface area contributed by atoms with Crippen molar-refractivity contribution in [1.82, 2.24) is 9.97 Å². The molecular weight excluding hydrogens is 423 g/mol. The molecule has 5 N–H and O–H groups in total. The van der Waals surface area contributed by atoms with Crippen LogP contribution in [0.3, 0.4) is 0 Å². The van der Waals surface area contributed by atoms with Crippen molar-refractivity contribution in [3.8, 4) is 0 Å². The second kappa shape index (κ2) is 8.97. The summed E-state index contributed by atoms with van der Waals surface area (Å²) in [6.45, 7) is -0.220. The Hall–Kier alpha value is -3.43. The molecule has 0 spiro atoms. The van der Waals surface area contributed by atoms with Gasteiger partial charge in [0.2, 0.25) is 5.91 Å². The Labute approximate surface area is 181 Å². The number of alkyl halides is 3. The van der Waals surface area contributed by atoms with Crippen molar-refractivity contribution in [3.63, 3.8) is 0 Å². The van der Waals surface area contributed by atoms with Gasteiger partial charge in [0.25, 0.3) is 0 Å². The Kier molecular flexibility index (Phi) is 6.11. The summed E-state index contributed by atoms with van der Waals surface area (Å²) in [5, 5.41) is 8.84. The van der Waals surface area contributed by atoms with Crippen molar-refractivity contribution in [3.05, 3.63) is 52.4 Å². The van der Waals surface area contributed by atoms with E-state index in [9.17, 15) is 22.8 Å². The molecule has 1 heterocycles. The summed E-state index contributed by atoms with van der Waals surface area (Å²) in [5.41, 5.74) is 1.24. The normalized spacial score (nSPS) is 15.0. The minimum atomic E-state index is -4.48. The van der Waals surface area contributed by atoms with Crippen LogP contribution in [0.15, 0.2) is 41.2 Å². The molecule has 0 bridgehead atoms. The zero-order valence-corrected chi connectivity index (χ0v) is 17.2. The number of nitrogens with one attached hydrogen (secondary N) is 5. The summed E-state index contributed by atoms with van der Waals surface area (Å²) in [5.74, 6) is -0.428. The highest BCUT2D eigenvalue weighted by atomic mass is 19.4. The van der Waals surface area contributed by atoms with Crippen LogP contribution < -0.4 is 21.6 Å². The minimum Gasteiger partial charge on any atom is -0.381 e. The first-order chi connectivity index (χ1) is 15.3. The van der Waals surface area contributed by atoms with Crippen LogP contribution in [0, 0.1) is 0 Å². The van der Waals surface area contributed by atoms with Gasteiger partial charge < -0.3 is 25.9 Å². The van der Waals surface area contributed by atoms with Crippen LogP contribution in [-0.4, -0.2) is 28.5 Å². The number of imidazole rings is 1. The largest absolute Gasteiger partial charge is 0.416 e. The van der Waals surface area contributed by atoms with E-state index in [4.69, 9.17) is 0 Å². The fourth-order valence-corrected chi connectivity index (χ4v) is 3.95. The lowest BCUT2D eigenvalue weighted by atomic mass is 9.95. The predicted molar refractivity (Wildman–Crippen MR) is 118 cm³/mol. The van der Waals surface area contributed by atoms with Gasteiger partial charge in [-0.25, -0.2) is 4.79 Å². The van der Waals surface area contributed by atoms with Crippen molar-refractivity contribution >= 4 is 34.0 Å². The van der Waals surface area contributed by atoms with E-state index in [0.29, 0.717) is 22.4 Å². The van der Waals surface area contributed by atoms with E-state index in [1.54, 1.807) is 18.2 Å². The lowest BCUT2D eigenvalue weighted by Gasteiger charge is -2.26. The van der Waals surface area contributed by atoms with Gasteiger partial charge in [0.1, 0.15) is 0 Å². The molecule has 10 heteroatoms. The zero-order valence-electron chi connectivity index (χ0n) is 17.2. The van der Waals surface area contributed by atoms with Crippen molar-refractivity contribution in [1.29, 1.82) is 0 Å². The molecular formula is C22H24F3N5O2. The molecule has 0 atom stereocenters. The second-order valence-electron chi connectivity index (χ2n) is 7.98. The monoisotopic (exact) mass is 447 g/mol. The van der Waals surface area contributed by atoms with E-state index in [-0.39, 0.29) is 24.0 Å². The van der Waals surface area contributed by atoms with Gasteiger partial charge in [0.05, 0.1) is 34.5 Å². The van der Waals surface area contributed by atoms with Crippen LogP contribution in [0.5, 0.6) is 0 Å². The fourth-order valence-electron chi connectivity index (χ4n) is 3.95. The molecule has 170 valence electrons. The standard InChI is InChI=1S/C22H24F3N5O2/c23-22(24,25)13-6-8-16(27-14-4-2-1-3-5-14)18(10-13)26-12-20(31)28-15-7-9-17-19(11-15)30-21(32)29-17/h6-11,14,26-27H,1-5,12H2,(H,28,31)(H2,29,30,32). The molecule has 1 amide bonds. The Morgan fingerprint density at radius 1 is 0.969 bits per heavy atom. The lowest BCUT2D eigenvalue weighted by molar-refractivity contribution is -0.137. The molecule has 3 aromatic rings. The van der Waals surface area contributed by atoms with Gasteiger partial charge in [-0.1, -0.05) is 19.3 Å². The van der Waals surface area contributed by atoms with Gasteiger partial charge >= 0.3 is 11.9 Å². The summed E-state index contributed by atoms with van der Waals surface area (Å²) in [6, 6.07) is 8.56. The number of fused-ring (bicyclic) bond motifs is 1. The zero-order chi connectivity index (χ0) is 22.7. The highest BCUT2D eigenvalue weighted by Crippen LogP contribution is 2.35. The number of hydrogen-bond donors (Lipinski definition) is 5. The van der Waals surface area contributed by atoms with E-state index < -0.39 is 17.6 Å².